The van der Waals surface area contributed by atoms with Gasteiger partial charge in [0.1, 0.15) is 6.04 Å². The number of likely N-dealkylation sites (tertiary alicyclic amines) is 1. The third-order valence-corrected chi connectivity index (χ3v) is 2.82. The van der Waals surface area contributed by atoms with Crippen molar-refractivity contribution in [2.45, 2.75) is 31.7 Å². The molecule has 102 valence electrons. The molecule has 7 heteroatoms. The molecule has 0 bridgehead atoms. The molecule has 3 N–H and O–H groups in total. The highest BCUT2D eigenvalue weighted by atomic mass is 16.4. The fraction of sp³-hybridized carbons (Fsp3) is 0.727. The maximum atomic E-state index is 11.6. The number of rotatable bonds is 5. The van der Waals surface area contributed by atoms with Crippen LogP contribution in [0.25, 0.3) is 0 Å². The number of aliphatic carboxylic acids is 1. The van der Waals surface area contributed by atoms with Crippen LogP contribution in [0.3, 0.4) is 0 Å². The molecule has 1 heterocycles. The minimum absolute atomic E-state index is 0.0847. The molecule has 0 spiro atoms. The molecular formula is C11H18N2O5. The molecule has 18 heavy (non-hydrogen) atoms. The lowest BCUT2D eigenvalue weighted by Crippen LogP contribution is -2.48. The second-order valence-corrected chi connectivity index (χ2v) is 4.27. The quantitative estimate of drug-likeness (QED) is 0.583. The summed E-state index contributed by atoms with van der Waals surface area (Å²) < 4.78 is 0. The van der Waals surface area contributed by atoms with Gasteiger partial charge in [0, 0.05) is 13.0 Å². The summed E-state index contributed by atoms with van der Waals surface area (Å²) >= 11 is 0. The molecular weight excluding hydrogens is 240 g/mol. The summed E-state index contributed by atoms with van der Waals surface area (Å²) in [6.45, 7) is -0.305. The van der Waals surface area contributed by atoms with E-state index in [-0.39, 0.29) is 12.5 Å². The molecule has 0 aromatic heterocycles. The zero-order valence-corrected chi connectivity index (χ0v) is 10.1. The summed E-state index contributed by atoms with van der Waals surface area (Å²) in [6.07, 6.45) is 3.06. The summed E-state index contributed by atoms with van der Waals surface area (Å²) in [7, 11) is 0. The Bertz CT molecular complexity index is 331. The molecule has 1 fully saturated rings. The number of carboxylic acid groups (broad SMARTS) is 1. The average Bonchev–Trinajstić information content (AvgIpc) is 2.51. The SMILES string of the molecule is O=C(CN1CCCCCC1=O)N[C@@H](CO)C(=O)O. The smallest absolute Gasteiger partial charge is 0.328 e. The molecule has 0 aromatic carbocycles. The zero-order chi connectivity index (χ0) is 13.5. The number of hydrogen-bond donors (Lipinski definition) is 3. The van der Waals surface area contributed by atoms with Gasteiger partial charge in [0.2, 0.25) is 11.8 Å². The lowest BCUT2D eigenvalue weighted by atomic mass is 10.2. The van der Waals surface area contributed by atoms with Crippen molar-refractivity contribution in [1.29, 1.82) is 0 Å². The standard InChI is InChI=1S/C11H18N2O5/c14-7-8(11(17)18)12-9(15)6-13-5-3-1-2-4-10(13)16/h8,14H,1-7H2,(H,12,15)(H,17,18)/t8-/m0/s1. The highest BCUT2D eigenvalue weighted by molar-refractivity contribution is 5.88. The summed E-state index contributed by atoms with van der Waals surface area (Å²) in [5.41, 5.74) is 0. The first-order valence-electron chi connectivity index (χ1n) is 5.95. The largest absolute Gasteiger partial charge is 0.480 e. The van der Waals surface area contributed by atoms with Crippen LogP contribution in [0, 0.1) is 0 Å². The van der Waals surface area contributed by atoms with Gasteiger partial charge in [-0.2, -0.15) is 0 Å². The minimum atomic E-state index is -1.32. The number of amides is 2. The van der Waals surface area contributed by atoms with Gasteiger partial charge >= 0.3 is 5.97 Å². The Labute approximate surface area is 105 Å². The lowest BCUT2D eigenvalue weighted by molar-refractivity contribution is -0.143. The first-order chi connectivity index (χ1) is 8.54. The van der Waals surface area contributed by atoms with Crippen LogP contribution in [0.4, 0.5) is 0 Å². The fourth-order valence-electron chi connectivity index (χ4n) is 1.80. The van der Waals surface area contributed by atoms with E-state index in [1.807, 2.05) is 0 Å². The minimum Gasteiger partial charge on any atom is -0.480 e. The maximum absolute atomic E-state index is 11.6. The van der Waals surface area contributed by atoms with Crippen molar-refractivity contribution in [3.63, 3.8) is 0 Å². The summed E-state index contributed by atoms with van der Waals surface area (Å²) in [5.74, 6) is -1.95. The van der Waals surface area contributed by atoms with Gasteiger partial charge in [0.15, 0.2) is 0 Å². The number of carbonyl (C=O) groups is 3. The maximum Gasteiger partial charge on any atom is 0.328 e. The number of hydrogen-bond acceptors (Lipinski definition) is 4. The van der Waals surface area contributed by atoms with Crippen molar-refractivity contribution in [1.82, 2.24) is 10.2 Å². The van der Waals surface area contributed by atoms with Crippen LogP contribution in [-0.2, 0) is 14.4 Å². The van der Waals surface area contributed by atoms with Crippen LogP contribution in [-0.4, -0.2) is 58.6 Å². The third kappa shape index (κ3) is 4.33. The van der Waals surface area contributed by atoms with E-state index in [0.717, 1.165) is 19.3 Å². The Balaban J connectivity index is 2.47. The first kappa shape index (κ1) is 14.4. The van der Waals surface area contributed by atoms with Gasteiger partial charge in [-0.1, -0.05) is 6.42 Å². The second-order valence-electron chi connectivity index (χ2n) is 4.27. The van der Waals surface area contributed by atoms with E-state index < -0.39 is 24.5 Å². The van der Waals surface area contributed by atoms with Gasteiger partial charge in [0.05, 0.1) is 13.2 Å². The zero-order valence-electron chi connectivity index (χ0n) is 10.1. The molecule has 1 atom stereocenters. The Hall–Kier alpha value is -1.63. The van der Waals surface area contributed by atoms with E-state index in [0.29, 0.717) is 13.0 Å². The van der Waals surface area contributed by atoms with Gasteiger partial charge in [-0.05, 0) is 12.8 Å². The Morgan fingerprint density at radius 3 is 2.67 bits per heavy atom. The second kappa shape index (κ2) is 6.95. The van der Waals surface area contributed by atoms with E-state index in [1.165, 1.54) is 4.90 Å². The van der Waals surface area contributed by atoms with E-state index in [1.54, 1.807) is 0 Å². The predicted molar refractivity (Wildman–Crippen MR) is 61.7 cm³/mol. The monoisotopic (exact) mass is 258 g/mol. The van der Waals surface area contributed by atoms with Crippen molar-refractivity contribution in [3.05, 3.63) is 0 Å². The number of aliphatic hydroxyl groups excluding tert-OH is 1. The fourth-order valence-corrected chi connectivity index (χ4v) is 1.80. The molecule has 0 radical (unpaired) electrons. The number of carboxylic acids is 1. The Morgan fingerprint density at radius 1 is 1.33 bits per heavy atom. The average molecular weight is 258 g/mol. The third-order valence-electron chi connectivity index (χ3n) is 2.82. The van der Waals surface area contributed by atoms with Gasteiger partial charge < -0.3 is 20.4 Å². The van der Waals surface area contributed by atoms with Gasteiger partial charge in [-0.25, -0.2) is 4.79 Å². The highest BCUT2D eigenvalue weighted by Gasteiger charge is 2.23. The van der Waals surface area contributed by atoms with Crippen LogP contribution in [0.15, 0.2) is 0 Å². The van der Waals surface area contributed by atoms with E-state index >= 15 is 0 Å². The number of nitrogens with zero attached hydrogens (tertiary/aromatic N) is 1. The Morgan fingerprint density at radius 2 is 2.06 bits per heavy atom. The van der Waals surface area contributed by atoms with Crippen LogP contribution in [0.5, 0.6) is 0 Å². The van der Waals surface area contributed by atoms with Crippen molar-refractivity contribution >= 4 is 17.8 Å². The molecule has 2 amide bonds. The highest BCUT2D eigenvalue weighted by Crippen LogP contribution is 2.10. The number of aliphatic hydroxyl groups is 1. The van der Waals surface area contributed by atoms with Crippen molar-refractivity contribution < 1.29 is 24.6 Å². The van der Waals surface area contributed by atoms with Crippen molar-refractivity contribution in [3.8, 4) is 0 Å². The van der Waals surface area contributed by atoms with Gasteiger partial charge in [-0.3, -0.25) is 9.59 Å². The van der Waals surface area contributed by atoms with Crippen LogP contribution < -0.4 is 5.32 Å². The van der Waals surface area contributed by atoms with Crippen LogP contribution in [0.2, 0.25) is 0 Å². The summed E-state index contributed by atoms with van der Waals surface area (Å²) in [4.78, 5) is 35.2. The van der Waals surface area contributed by atoms with Gasteiger partial charge in [0.25, 0.3) is 0 Å². The molecule has 1 saturated heterocycles. The van der Waals surface area contributed by atoms with Crippen LogP contribution >= 0.6 is 0 Å². The topological polar surface area (TPSA) is 107 Å². The summed E-state index contributed by atoms with van der Waals surface area (Å²) in [6, 6.07) is -1.32. The molecule has 0 aromatic rings. The van der Waals surface area contributed by atoms with Crippen molar-refractivity contribution in [2.75, 3.05) is 19.7 Å². The molecule has 0 unspecified atom stereocenters. The lowest BCUT2D eigenvalue weighted by Gasteiger charge is -2.21. The van der Waals surface area contributed by atoms with E-state index in [9.17, 15) is 14.4 Å². The first-order valence-corrected chi connectivity index (χ1v) is 5.95. The molecule has 0 saturated carbocycles. The number of carbonyl (C=O) groups excluding carboxylic acids is 2. The molecule has 1 aliphatic heterocycles. The summed E-state index contributed by atoms with van der Waals surface area (Å²) in [5, 5.41) is 19.6. The predicted octanol–water partition coefficient (Wildman–Crippen LogP) is -1.05. The van der Waals surface area contributed by atoms with Crippen LogP contribution in [0.1, 0.15) is 25.7 Å². The van der Waals surface area contributed by atoms with Gasteiger partial charge in [-0.15, -0.1) is 0 Å². The molecule has 1 rings (SSSR count). The molecule has 7 nitrogen and oxygen atoms in total. The molecule has 1 aliphatic rings. The number of nitrogens with one attached hydrogen (secondary N) is 1. The Kier molecular flexibility index (Phi) is 5.57. The van der Waals surface area contributed by atoms with Crippen molar-refractivity contribution in [2.24, 2.45) is 0 Å². The molecule has 0 aliphatic carbocycles. The normalized spacial score (nSPS) is 18.1. The van der Waals surface area contributed by atoms with E-state index in [2.05, 4.69) is 5.32 Å². The van der Waals surface area contributed by atoms with E-state index in [4.69, 9.17) is 10.2 Å².